The molecule has 20 heteroatoms. The fourth-order valence-electron chi connectivity index (χ4n) is 15.9. The number of esters is 1. The maximum absolute atomic E-state index is 14.7. The third-order valence-corrected chi connectivity index (χ3v) is 20.6. The van der Waals surface area contributed by atoms with E-state index in [9.17, 15) is 61.0 Å². The van der Waals surface area contributed by atoms with E-state index in [1.165, 1.54) is 12.5 Å². The second-order valence-electron chi connectivity index (χ2n) is 25.4. The number of hydrogen-bond acceptors (Lipinski definition) is 20. The predicted molar refractivity (Wildman–Crippen MR) is 249 cm³/mol. The van der Waals surface area contributed by atoms with Gasteiger partial charge in [-0.05, 0) is 116 Å². The van der Waals surface area contributed by atoms with Gasteiger partial charge in [-0.1, -0.05) is 60.1 Å². The van der Waals surface area contributed by atoms with E-state index in [1.807, 2.05) is 0 Å². The molecule has 0 unspecified atom stereocenters. The van der Waals surface area contributed by atoms with Gasteiger partial charge in [0.25, 0.3) is 0 Å². The zero-order chi connectivity index (χ0) is 52.4. The van der Waals surface area contributed by atoms with Crippen LogP contribution in [-0.4, -0.2) is 199 Å². The Balaban J connectivity index is 0.926. The molecule has 5 aliphatic carbocycles. The largest absolute Gasteiger partial charge is 0.432 e. The molecule has 9 aliphatic rings. The highest BCUT2D eigenvalue weighted by Gasteiger charge is 2.70. The van der Waals surface area contributed by atoms with Crippen LogP contribution in [0.5, 0.6) is 0 Å². The monoisotopic (exact) mass is 1030 g/mol. The molecule has 0 radical (unpaired) electrons. The molecule has 4 saturated carbocycles. The first-order chi connectivity index (χ1) is 33.7. The molecule has 0 aromatic carbocycles. The highest BCUT2D eigenvalue weighted by atomic mass is 16.8. The minimum absolute atomic E-state index is 0.0621. The van der Waals surface area contributed by atoms with Crippen LogP contribution in [0, 0.1) is 50.2 Å². The smallest absolute Gasteiger partial charge is 0.315 e. The van der Waals surface area contributed by atoms with Gasteiger partial charge in [0, 0.05) is 0 Å². The lowest BCUT2D eigenvalue weighted by Gasteiger charge is -2.71. The zero-order valence-corrected chi connectivity index (χ0v) is 43.1. The van der Waals surface area contributed by atoms with E-state index in [0.29, 0.717) is 19.3 Å². The summed E-state index contributed by atoms with van der Waals surface area (Å²) in [6.45, 7) is 16.5. The molecule has 8 fully saturated rings. The van der Waals surface area contributed by atoms with Crippen LogP contribution in [0.2, 0.25) is 0 Å². The maximum atomic E-state index is 14.7. The summed E-state index contributed by atoms with van der Waals surface area (Å²) in [5, 5.41) is 117. The van der Waals surface area contributed by atoms with Crippen molar-refractivity contribution in [1.82, 2.24) is 0 Å². The average molecular weight is 1030 g/mol. The first-order valence-corrected chi connectivity index (χ1v) is 26.5. The van der Waals surface area contributed by atoms with Crippen molar-refractivity contribution >= 4 is 5.97 Å². The molecule has 0 bridgehead atoms. The molecule has 4 saturated heterocycles. The summed E-state index contributed by atoms with van der Waals surface area (Å²) in [7, 11) is 0. The normalized spacial score (nSPS) is 54.2. The molecule has 412 valence electrons. The first-order valence-electron chi connectivity index (χ1n) is 26.5. The Morgan fingerprint density at radius 2 is 1.26 bits per heavy atom. The summed E-state index contributed by atoms with van der Waals surface area (Å²) in [5.74, 6) is -0.175. The van der Waals surface area contributed by atoms with Crippen LogP contribution in [-0.2, 0) is 42.7 Å². The number of allylic oxidation sites excluding steroid dienone is 2. The summed E-state index contributed by atoms with van der Waals surface area (Å²) < 4.78 is 48.0. The molecule has 20 nitrogen and oxygen atoms in total. The van der Waals surface area contributed by atoms with Crippen LogP contribution in [0.15, 0.2) is 11.6 Å². The Labute approximate surface area is 421 Å². The van der Waals surface area contributed by atoms with Gasteiger partial charge in [-0.3, -0.25) is 4.79 Å². The van der Waals surface area contributed by atoms with Crippen molar-refractivity contribution < 1.29 is 98.9 Å². The highest BCUT2D eigenvalue weighted by Crippen LogP contribution is 2.76. The van der Waals surface area contributed by atoms with E-state index in [1.54, 1.807) is 0 Å². The van der Waals surface area contributed by atoms with E-state index >= 15 is 0 Å². The van der Waals surface area contributed by atoms with E-state index in [2.05, 4.69) is 54.5 Å². The van der Waals surface area contributed by atoms with Crippen LogP contribution < -0.4 is 0 Å². The number of carbonyl (C=O) groups excluding carboxylic acids is 1. The maximum Gasteiger partial charge on any atom is 0.315 e. The Morgan fingerprint density at radius 1 is 0.625 bits per heavy atom. The number of hydrogen-bond donors (Lipinski definition) is 11. The number of aliphatic hydroxyl groups excluding tert-OH is 11. The van der Waals surface area contributed by atoms with Gasteiger partial charge in [0.05, 0.1) is 37.4 Å². The summed E-state index contributed by atoms with van der Waals surface area (Å²) >= 11 is 0. The van der Waals surface area contributed by atoms with E-state index in [4.69, 9.17) is 37.9 Å². The second kappa shape index (κ2) is 19.7. The van der Waals surface area contributed by atoms with Crippen molar-refractivity contribution in [1.29, 1.82) is 0 Å². The minimum atomic E-state index is -1.73. The third-order valence-electron chi connectivity index (χ3n) is 20.6. The van der Waals surface area contributed by atoms with Gasteiger partial charge in [-0.2, -0.15) is 0 Å². The molecule has 9 rings (SSSR count). The van der Waals surface area contributed by atoms with Gasteiger partial charge in [0.1, 0.15) is 79.4 Å². The Hall–Kier alpha value is -1.51. The number of aliphatic hydroxyl groups is 11. The molecule has 72 heavy (non-hydrogen) atoms. The molecule has 0 aromatic rings. The number of ether oxygens (including phenoxy) is 8. The van der Waals surface area contributed by atoms with Gasteiger partial charge in [0.2, 0.25) is 6.29 Å². The molecular weight excluding hydrogens is 945 g/mol. The third kappa shape index (κ3) is 8.87. The predicted octanol–water partition coefficient (Wildman–Crippen LogP) is 0.271. The van der Waals surface area contributed by atoms with Gasteiger partial charge >= 0.3 is 5.97 Å². The van der Waals surface area contributed by atoms with Crippen molar-refractivity contribution in [2.75, 3.05) is 19.8 Å². The van der Waals surface area contributed by atoms with Crippen LogP contribution in [0.3, 0.4) is 0 Å². The average Bonchev–Trinajstić information content (AvgIpc) is 3.32. The fraction of sp³-hybridized carbons (Fsp3) is 0.942. The Morgan fingerprint density at radius 3 is 1.96 bits per heavy atom. The summed E-state index contributed by atoms with van der Waals surface area (Å²) in [6, 6.07) is 0. The number of fused-ring (bicyclic) bond motifs is 7. The highest BCUT2D eigenvalue weighted by molar-refractivity contribution is 5.79. The Bertz CT molecular complexity index is 1990. The van der Waals surface area contributed by atoms with Crippen LogP contribution in [0.4, 0.5) is 0 Å². The lowest BCUT2D eigenvalue weighted by molar-refractivity contribution is -0.378. The lowest BCUT2D eigenvalue weighted by Crippen LogP contribution is -2.66. The van der Waals surface area contributed by atoms with E-state index < -0.39 is 134 Å². The summed E-state index contributed by atoms with van der Waals surface area (Å²) in [4.78, 5) is 14.7. The van der Waals surface area contributed by atoms with E-state index in [0.717, 1.165) is 44.9 Å². The zero-order valence-electron chi connectivity index (χ0n) is 43.1. The molecule has 26 atom stereocenters. The lowest BCUT2D eigenvalue weighted by atomic mass is 9.33. The van der Waals surface area contributed by atoms with Crippen LogP contribution in [0.25, 0.3) is 0 Å². The topological polar surface area (TPSA) is 313 Å². The first kappa shape index (κ1) is 55.3. The van der Waals surface area contributed by atoms with Crippen molar-refractivity contribution in [3.05, 3.63) is 11.6 Å². The van der Waals surface area contributed by atoms with Crippen molar-refractivity contribution in [2.24, 2.45) is 50.2 Å². The Kier molecular flexibility index (Phi) is 15.2. The molecule has 0 amide bonds. The van der Waals surface area contributed by atoms with E-state index in [-0.39, 0.29) is 58.7 Å². The van der Waals surface area contributed by atoms with Gasteiger partial charge in [-0.25, -0.2) is 0 Å². The van der Waals surface area contributed by atoms with Crippen LogP contribution in [0.1, 0.15) is 120 Å². The fourth-order valence-corrected chi connectivity index (χ4v) is 15.9. The standard InChI is InChI=1S/C52H84O20/c1-23-32(56)40(70-42-37(61)33(57)26(54)21-65-42)39(63)44(67-23)71-41-34(58)27(55)22-66-45(41)69-31-12-13-49(6)29(48(31,4)5)11-14-51(8)30(49)10-9-24-25-19-47(2,3)15-17-52(25,18-16-50(24,51)7)46(64)72-43-38(62)36(60)35(59)28(20-53)68-43/h9,23,25-45,53-63H,10-22H2,1-8H3/t23-,25-,26+,27+,28+,29-,30+,31-,32-,33-,34-,35+,36-,37+,38+,39+,40+,41+,42-,43-,44-,45-,49-,50+,51+,52-/m0/s1. The SMILES string of the molecule is C[C@@H]1O[C@@H](O[C@H]2[C@H](O[C@H]3CC[C@]4(C)[C@H]5CC=C6[C@@H]7CC(C)(C)CC[C@]7(C(=O)O[C@@H]7O[C@H](CO)[C@@H](O)[C@H](O)[C@H]7O)CC[C@@]6(C)[C@]5(C)CC[C@H]4C3(C)C)OC[C@@H](O)[C@@H]2O)[C@H](O)[C@H](O[C@@H]2OC[C@@H](O)[C@H](O)[C@H]2O)[C@H]1O. The molecule has 4 heterocycles. The summed E-state index contributed by atoms with van der Waals surface area (Å²) in [6.07, 6.45) is -17.0. The minimum Gasteiger partial charge on any atom is -0.432 e. The molecule has 11 N–H and O–H groups in total. The molecule has 0 aromatic heterocycles. The molecule has 0 spiro atoms. The molecular formula is C52H84O20. The van der Waals surface area contributed by atoms with Crippen LogP contribution >= 0.6 is 0 Å². The summed E-state index contributed by atoms with van der Waals surface area (Å²) in [5.41, 5.74) is -0.658. The number of carbonyl (C=O) groups is 1. The van der Waals surface area contributed by atoms with Gasteiger partial charge in [-0.15, -0.1) is 0 Å². The van der Waals surface area contributed by atoms with Gasteiger partial charge < -0.3 is 94.1 Å². The molecule has 4 aliphatic heterocycles. The van der Waals surface area contributed by atoms with Crippen molar-refractivity contribution in [3.63, 3.8) is 0 Å². The van der Waals surface area contributed by atoms with Gasteiger partial charge in [0.15, 0.2) is 18.9 Å². The van der Waals surface area contributed by atoms with Crippen molar-refractivity contribution in [3.8, 4) is 0 Å². The second-order valence-corrected chi connectivity index (χ2v) is 25.4. The number of rotatable bonds is 9. The van der Waals surface area contributed by atoms with Crippen molar-refractivity contribution in [2.45, 2.75) is 236 Å². The quantitative estimate of drug-likeness (QED) is 0.0839.